The van der Waals surface area contributed by atoms with Gasteiger partial charge in [-0.15, -0.1) is 11.3 Å². The molecule has 0 saturated heterocycles. The molecule has 136 valence electrons. The Morgan fingerprint density at radius 2 is 2.08 bits per heavy atom. The summed E-state index contributed by atoms with van der Waals surface area (Å²) in [6, 6.07) is 5.76. The number of hydrogen-bond acceptors (Lipinski definition) is 5. The van der Waals surface area contributed by atoms with Gasteiger partial charge in [-0.25, -0.2) is 4.98 Å². The molecule has 0 atom stereocenters. The Morgan fingerprint density at radius 1 is 1.35 bits per heavy atom. The molecule has 0 amide bonds. The summed E-state index contributed by atoms with van der Waals surface area (Å²) in [6.07, 6.45) is 0. The lowest BCUT2D eigenvalue weighted by Crippen LogP contribution is -2.29. The molecule has 26 heavy (non-hydrogen) atoms. The van der Waals surface area contributed by atoms with Gasteiger partial charge in [0.1, 0.15) is 22.9 Å². The first kappa shape index (κ1) is 18.1. The standard InChI is InChI=1S/C19H20N2O4S/c1-10(2)17-20-18-16(19(24)21(17)8-15(22)23)13(9-26-18)12-7-11(3)5-6-14(12)25-4/h5-7,9-10H,8H2,1-4H3,(H,22,23). The number of carboxylic acids is 1. The van der Waals surface area contributed by atoms with E-state index in [1.165, 1.54) is 15.9 Å². The summed E-state index contributed by atoms with van der Waals surface area (Å²) < 4.78 is 6.71. The van der Waals surface area contributed by atoms with E-state index >= 15 is 0 Å². The second-order valence-corrected chi connectivity index (χ2v) is 7.30. The molecule has 0 bridgehead atoms. The number of rotatable bonds is 5. The Hall–Kier alpha value is -2.67. The summed E-state index contributed by atoms with van der Waals surface area (Å²) in [4.78, 5) is 29.6. The topological polar surface area (TPSA) is 81.4 Å². The van der Waals surface area contributed by atoms with Crippen LogP contribution < -0.4 is 10.3 Å². The Morgan fingerprint density at radius 3 is 2.69 bits per heavy atom. The molecule has 1 N–H and O–H groups in total. The van der Waals surface area contributed by atoms with Crippen LogP contribution in [0.4, 0.5) is 0 Å². The Kier molecular flexibility index (Phi) is 4.82. The van der Waals surface area contributed by atoms with Crippen LogP contribution in [0.25, 0.3) is 21.3 Å². The first-order chi connectivity index (χ1) is 12.3. The van der Waals surface area contributed by atoms with E-state index in [0.717, 1.165) is 16.7 Å². The molecule has 6 nitrogen and oxygen atoms in total. The van der Waals surface area contributed by atoms with Crippen LogP contribution in [0.2, 0.25) is 0 Å². The highest BCUT2D eigenvalue weighted by Gasteiger charge is 2.21. The van der Waals surface area contributed by atoms with Crippen molar-refractivity contribution in [1.82, 2.24) is 9.55 Å². The van der Waals surface area contributed by atoms with Gasteiger partial charge in [0.15, 0.2) is 0 Å². The van der Waals surface area contributed by atoms with Crippen LogP contribution in [0, 0.1) is 6.92 Å². The van der Waals surface area contributed by atoms with Gasteiger partial charge in [0.05, 0.1) is 12.5 Å². The zero-order valence-electron chi connectivity index (χ0n) is 15.1. The Bertz CT molecular complexity index is 1050. The molecule has 0 unspecified atom stereocenters. The first-order valence-electron chi connectivity index (χ1n) is 8.22. The summed E-state index contributed by atoms with van der Waals surface area (Å²) in [5, 5.41) is 11.5. The molecule has 2 heterocycles. The largest absolute Gasteiger partial charge is 0.496 e. The van der Waals surface area contributed by atoms with Crippen molar-refractivity contribution in [2.24, 2.45) is 0 Å². The van der Waals surface area contributed by atoms with Gasteiger partial charge in [-0.2, -0.15) is 0 Å². The van der Waals surface area contributed by atoms with Gasteiger partial charge in [0.2, 0.25) is 0 Å². The van der Waals surface area contributed by atoms with Gasteiger partial charge in [0.25, 0.3) is 5.56 Å². The van der Waals surface area contributed by atoms with E-state index in [9.17, 15) is 14.7 Å². The smallest absolute Gasteiger partial charge is 0.323 e. The molecule has 0 fully saturated rings. The van der Waals surface area contributed by atoms with Crippen LogP contribution >= 0.6 is 11.3 Å². The molecular formula is C19H20N2O4S. The van der Waals surface area contributed by atoms with Crippen LogP contribution in [0.15, 0.2) is 28.4 Å². The van der Waals surface area contributed by atoms with E-state index in [0.29, 0.717) is 21.8 Å². The normalized spacial score (nSPS) is 11.3. The Labute approximate surface area is 154 Å². The highest BCUT2D eigenvalue weighted by molar-refractivity contribution is 7.17. The average molecular weight is 372 g/mol. The highest BCUT2D eigenvalue weighted by atomic mass is 32.1. The van der Waals surface area contributed by atoms with Gasteiger partial charge in [-0.1, -0.05) is 25.5 Å². The molecule has 3 rings (SSSR count). The second kappa shape index (κ2) is 6.92. The SMILES string of the molecule is COc1ccc(C)cc1-c1csc2nc(C(C)C)n(CC(=O)O)c(=O)c12. The molecule has 0 aliphatic heterocycles. The minimum absolute atomic E-state index is 0.0643. The lowest BCUT2D eigenvalue weighted by atomic mass is 10.0. The molecule has 3 aromatic rings. The second-order valence-electron chi connectivity index (χ2n) is 6.44. The minimum atomic E-state index is -1.07. The van der Waals surface area contributed by atoms with Crippen LogP contribution in [0.3, 0.4) is 0 Å². The zero-order chi connectivity index (χ0) is 19.0. The van der Waals surface area contributed by atoms with E-state index in [-0.39, 0.29) is 11.5 Å². The summed E-state index contributed by atoms with van der Waals surface area (Å²) in [6.45, 7) is 5.35. The van der Waals surface area contributed by atoms with Crippen molar-refractivity contribution in [2.75, 3.05) is 7.11 Å². The van der Waals surface area contributed by atoms with Gasteiger partial charge in [-0.05, 0) is 19.1 Å². The molecule has 0 radical (unpaired) electrons. The summed E-state index contributed by atoms with van der Waals surface area (Å²) >= 11 is 1.38. The quantitative estimate of drug-likeness (QED) is 0.739. The van der Waals surface area contributed by atoms with Gasteiger partial charge in [0, 0.05) is 22.4 Å². The van der Waals surface area contributed by atoms with Gasteiger partial charge in [-0.3, -0.25) is 14.2 Å². The molecule has 0 aliphatic rings. The van der Waals surface area contributed by atoms with Crippen molar-refractivity contribution >= 4 is 27.5 Å². The number of thiophene rings is 1. The minimum Gasteiger partial charge on any atom is -0.496 e. The van der Waals surface area contributed by atoms with Gasteiger partial charge >= 0.3 is 5.97 Å². The maximum Gasteiger partial charge on any atom is 0.323 e. The molecule has 0 saturated carbocycles. The number of fused-ring (bicyclic) bond motifs is 1. The maximum atomic E-state index is 13.2. The molecule has 2 aromatic heterocycles. The monoisotopic (exact) mass is 372 g/mol. The molecule has 0 aliphatic carbocycles. The number of carboxylic acid groups (broad SMARTS) is 1. The number of hydrogen-bond donors (Lipinski definition) is 1. The van der Waals surface area contributed by atoms with E-state index in [2.05, 4.69) is 4.98 Å². The van der Waals surface area contributed by atoms with E-state index in [4.69, 9.17) is 4.74 Å². The third-order valence-corrected chi connectivity index (χ3v) is 5.05. The highest BCUT2D eigenvalue weighted by Crippen LogP contribution is 2.37. The van der Waals surface area contributed by atoms with Crippen molar-refractivity contribution in [1.29, 1.82) is 0 Å². The van der Waals surface area contributed by atoms with E-state index in [1.54, 1.807) is 7.11 Å². The van der Waals surface area contributed by atoms with Crippen molar-refractivity contribution in [3.8, 4) is 16.9 Å². The van der Waals surface area contributed by atoms with E-state index < -0.39 is 12.5 Å². The fourth-order valence-electron chi connectivity index (χ4n) is 3.00. The number of carbonyl (C=O) groups is 1. The number of aryl methyl sites for hydroxylation is 1. The number of nitrogens with zero attached hydrogens (tertiary/aromatic N) is 2. The number of ether oxygens (including phenoxy) is 1. The summed E-state index contributed by atoms with van der Waals surface area (Å²) in [5.74, 6) is 0.00694. The van der Waals surface area contributed by atoms with Crippen LogP contribution in [0.1, 0.15) is 31.2 Å². The van der Waals surface area contributed by atoms with Gasteiger partial charge < -0.3 is 9.84 Å². The lowest BCUT2D eigenvalue weighted by Gasteiger charge is -2.14. The van der Waals surface area contributed by atoms with Crippen LogP contribution in [-0.4, -0.2) is 27.7 Å². The molecular weight excluding hydrogens is 352 g/mol. The number of methoxy groups -OCH3 is 1. The fraction of sp³-hybridized carbons (Fsp3) is 0.316. The third-order valence-electron chi connectivity index (χ3n) is 4.18. The van der Waals surface area contributed by atoms with Crippen LogP contribution in [-0.2, 0) is 11.3 Å². The lowest BCUT2D eigenvalue weighted by molar-refractivity contribution is -0.137. The van der Waals surface area contributed by atoms with E-state index in [1.807, 2.05) is 44.4 Å². The third kappa shape index (κ3) is 3.10. The Balaban J connectivity index is 2.36. The maximum absolute atomic E-state index is 13.2. The van der Waals surface area contributed by atoms with Crippen molar-refractivity contribution in [2.45, 2.75) is 33.2 Å². The average Bonchev–Trinajstić information content (AvgIpc) is 3.00. The fourth-order valence-corrected chi connectivity index (χ4v) is 3.94. The number of benzene rings is 1. The summed E-state index contributed by atoms with van der Waals surface area (Å²) in [5.41, 5.74) is 2.23. The van der Waals surface area contributed by atoms with Crippen molar-refractivity contribution < 1.29 is 14.6 Å². The molecule has 0 spiro atoms. The number of aliphatic carboxylic acids is 1. The van der Waals surface area contributed by atoms with Crippen LogP contribution in [0.5, 0.6) is 5.75 Å². The molecule has 1 aromatic carbocycles. The van der Waals surface area contributed by atoms with Crippen molar-refractivity contribution in [3.05, 3.63) is 45.3 Å². The molecule has 7 heteroatoms. The zero-order valence-corrected chi connectivity index (χ0v) is 15.9. The first-order valence-corrected chi connectivity index (χ1v) is 9.10. The van der Waals surface area contributed by atoms with Crippen molar-refractivity contribution in [3.63, 3.8) is 0 Å². The predicted octanol–water partition coefficient (Wildman–Crippen LogP) is 3.65. The number of aromatic nitrogens is 2. The predicted molar refractivity (Wildman–Crippen MR) is 102 cm³/mol. The summed E-state index contributed by atoms with van der Waals surface area (Å²) in [7, 11) is 1.58.